The van der Waals surface area contributed by atoms with Crippen LogP contribution < -0.4 is 16.0 Å². The molecule has 12 heteroatoms. The van der Waals surface area contributed by atoms with Crippen molar-refractivity contribution in [2.24, 2.45) is 9.98 Å². The molecule has 1 unspecified atom stereocenters. The van der Waals surface area contributed by atoms with Crippen molar-refractivity contribution in [3.63, 3.8) is 0 Å². The van der Waals surface area contributed by atoms with E-state index in [0.717, 1.165) is 0 Å². The fourth-order valence-corrected chi connectivity index (χ4v) is 3.94. The van der Waals surface area contributed by atoms with E-state index in [9.17, 15) is 4.79 Å². The highest BCUT2D eigenvalue weighted by Gasteiger charge is 2.34. The number of rotatable bonds is 4. The normalized spacial score (nSPS) is 18.4. The second kappa shape index (κ2) is 7.93. The Labute approximate surface area is 184 Å². The molecule has 2 aromatic heterocycles. The number of carbonyl (C=O) groups excluding carboxylic acids is 1. The van der Waals surface area contributed by atoms with Gasteiger partial charge in [0.25, 0.3) is 5.91 Å². The predicted molar refractivity (Wildman–Crippen MR) is 119 cm³/mol. The Morgan fingerprint density at radius 2 is 2.23 bits per heavy atom. The quantitative estimate of drug-likeness (QED) is 0.552. The Balaban J connectivity index is 1.47. The van der Waals surface area contributed by atoms with Gasteiger partial charge in [0.2, 0.25) is 11.1 Å². The lowest BCUT2D eigenvalue weighted by Crippen LogP contribution is -2.42. The molecule has 4 heterocycles. The molecule has 2 aliphatic rings. The highest BCUT2D eigenvalue weighted by Crippen LogP contribution is 2.27. The van der Waals surface area contributed by atoms with Gasteiger partial charge in [0.1, 0.15) is 17.1 Å². The summed E-state index contributed by atoms with van der Waals surface area (Å²) in [5.41, 5.74) is 4.38. The molecule has 1 amide bonds. The number of hydrogen-bond acceptors (Lipinski definition) is 10. The van der Waals surface area contributed by atoms with Crippen LogP contribution in [0, 0.1) is 0 Å². The SMILES string of the molecule is CC1=C(C(=O)Nc2nncs2)C(C2=NCC=C2Cl)N=C(Nc2nc3ccccc3o2)N1. The lowest BCUT2D eigenvalue weighted by molar-refractivity contribution is -0.113. The van der Waals surface area contributed by atoms with E-state index in [1.807, 2.05) is 24.3 Å². The maximum Gasteiger partial charge on any atom is 0.302 e. The topological polar surface area (TPSA) is 130 Å². The number of fused-ring (bicyclic) bond motifs is 1. The third-order valence-electron chi connectivity index (χ3n) is 4.62. The largest absolute Gasteiger partial charge is 0.423 e. The minimum absolute atomic E-state index is 0.274. The molecular formula is C19H15ClN8O2S. The molecule has 5 rings (SSSR count). The van der Waals surface area contributed by atoms with Gasteiger partial charge < -0.3 is 9.73 Å². The Kier molecular flexibility index (Phi) is 4.96. The van der Waals surface area contributed by atoms with Crippen molar-refractivity contribution in [2.75, 3.05) is 17.2 Å². The van der Waals surface area contributed by atoms with Crippen molar-refractivity contribution < 1.29 is 9.21 Å². The lowest BCUT2D eigenvalue weighted by atomic mass is 9.98. The number of guanidine groups is 1. The zero-order valence-corrected chi connectivity index (χ0v) is 17.7. The fourth-order valence-electron chi connectivity index (χ4n) is 3.27. The van der Waals surface area contributed by atoms with Crippen molar-refractivity contribution in [1.29, 1.82) is 0 Å². The molecule has 0 bridgehead atoms. The van der Waals surface area contributed by atoms with Crippen molar-refractivity contribution in [3.05, 3.63) is 52.2 Å². The van der Waals surface area contributed by atoms with E-state index in [1.54, 1.807) is 13.0 Å². The van der Waals surface area contributed by atoms with Gasteiger partial charge in [-0.25, -0.2) is 4.99 Å². The number of hydrogen-bond donors (Lipinski definition) is 3. The molecule has 1 atom stereocenters. The third kappa shape index (κ3) is 3.80. The molecule has 0 aliphatic carbocycles. The van der Waals surface area contributed by atoms with Crippen molar-refractivity contribution in [2.45, 2.75) is 13.0 Å². The first-order valence-electron chi connectivity index (χ1n) is 9.24. The van der Waals surface area contributed by atoms with Gasteiger partial charge in [-0.3, -0.25) is 20.4 Å². The standard InChI is InChI=1S/C19H15ClN8O2S/c1-9-13(16(29)26-19-28-22-8-31-19)15(14-10(20)6-7-21-14)25-17(23-9)27-18-24-11-4-2-3-5-12(11)30-18/h2-6,8,15H,7H2,1H3,(H,26,28,29)(H2,23,24,25,27). The van der Waals surface area contributed by atoms with Crippen molar-refractivity contribution in [1.82, 2.24) is 20.5 Å². The zero-order chi connectivity index (χ0) is 21.4. The van der Waals surface area contributed by atoms with Gasteiger partial charge in [-0.2, -0.15) is 4.98 Å². The van der Waals surface area contributed by atoms with Crippen molar-refractivity contribution in [3.8, 4) is 0 Å². The molecule has 10 nitrogen and oxygen atoms in total. The summed E-state index contributed by atoms with van der Waals surface area (Å²) in [6.45, 7) is 2.21. The number of amides is 1. The molecule has 0 fully saturated rings. The molecular weight excluding hydrogens is 440 g/mol. The third-order valence-corrected chi connectivity index (χ3v) is 5.58. The van der Waals surface area contributed by atoms with E-state index < -0.39 is 6.04 Å². The minimum atomic E-state index is -0.715. The first-order valence-corrected chi connectivity index (χ1v) is 10.5. The average molecular weight is 455 g/mol. The minimum Gasteiger partial charge on any atom is -0.423 e. The monoisotopic (exact) mass is 454 g/mol. The molecule has 1 aromatic carbocycles. The van der Waals surface area contributed by atoms with Crippen LogP contribution in [-0.2, 0) is 4.79 Å². The molecule has 0 saturated heterocycles. The van der Waals surface area contributed by atoms with Gasteiger partial charge in [0, 0.05) is 5.70 Å². The molecule has 0 saturated carbocycles. The zero-order valence-electron chi connectivity index (χ0n) is 16.1. The summed E-state index contributed by atoms with van der Waals surface area (Å²) in [4.78, 5) is 26.5. The number of para-hydroxylation sites is 2. The highest BCUT2D eigenvalue weighted by atomic mass is 35.5. The van der Waals surface area contributed by atoms with Gasteiger partial charge in [0.05, 0.1) is 22.9 Å². The number of nitrogens with one attached hydrogen (secondary N) is 3. The van der Waals surface area contributed by atoms with E-state index in [-0.39, 0.29) is 11.9 Å². The number of benzene rings is 1. The molecule has 0 spiro atoms. The summed E-state index contributed by atoms with van der Waals surface area (Å²) >= 11 is 7.57. The second-order valence-electron chi connectivity index (χ2n) is 6.63. The predicted octanol–water partition coefficient (Wildman–Crippen LogP) is 2.91. The van der Waals surface area contributed by atoms with Crippen LogP contribution in [0.3, 0.4) is 0 Å². The van der Waals surface area contributed by atoms with Gasteiger partial charge >= 0.3 is 6.01 Å². The van der Waals surface area contributed by atoms with Crippen LogP contribution in [0.5, 0.6) is 0 Å². The fraction of sp³-hybridized carbons (Fsp3) is 0.158. The van der Waals surface area contributed by atoms with Crippen LogP contribution in [0.25, 0.3) is 11.1 Å². The van der Waals surface area contributed by atoms with E-state index >= 15 is 0 Å². The van der Waals surface area contributed by atoms with Gasteiger partial charge in [0.15, 0.2) is 5.58 Å². The summed E-state index contributed by atoms with van der Waals surface area (Å²) in [6.07, 6.45) is 1.78. The number of carbonyl (C=O) groups is 1. The number of halogens is 1. The van der Waals surface area contributed by atoms with Gasteiger partial charge in [-0.05, 0) is 25.1 Å². The molecule has 3 N–H and O–H groups in total. The van der Waals surface area contributed by atoms with Crippen LogP contribution in [0.1, 0.15) is 6.92 Å². The molecule has 156 valence electrons. The van der Waals surface area contributed by atoms with E-state index in [0.29, 0.717) is 50.7 Å². The van der Waals surface area contributed by atoms with Crippen LogP contribution in [0.15, 0.2) is 66.6 Å². The molecule has 3 aromatic rings. The first kappa shape index (κ1) is 19.4. The molecule has 31 heavy (non-hydrogen) atoms. The Morgan fingerprint density at radius 3 is 2.97 bits per heavy atom. The summed E-state index contributed by atoms with van der Waals surface area (Å²) in [7, 11) is 0. The number of oxazole rings is 1. The van der Waals surface area contributed by atoms with E-state index in [1.165, 1.54) is 16.8 Å². The Hall–Kier alpha value is -3.57. The number of aromatic nitrogens is 3. The summed E-state index contributed by atoms with van der Waals surface area (Å²) < 4.78 is 5.71. The maximum atomic E-state index is 13.0. The maximum absolute atomic E-state index is 13.0. The Morgan fingerprint density at radius 1 is 1.35 bits per heavy atom. The number of nitrogens with zero attached hydrogens (tertiary/aromatic N) is 5. The van der Waals surface area contributed by atoms with Crippen LogP contribution in [0.2, 0.25) is 0 Å². The van der Waals surface area contributed by atoms with Crippen molar-refractivity contribution >= 4 is 62.8 Å². The Bertz CT molecular complexity index is 1260. The summed E-state index contributed by atoms with van der Waals surface area (Å²) in [5, 5.41) is 17.3. The number of aliphatic imine (C=N–C) groups is 2. The van der Waals surface area contributed by atoms with E-state index in [2.05, 4.69) is 41.1 Å². The number of allylic oxidation sites excluding steroid dienone is 1. The van der Waals surface area contributed by atoms with E-state index in [4.69, 9.17) is 16.0 Å². The first-order chi connectivity index (χ1) is 15.1. The van der Waals surface area contributed by atoms with Gasteiger partial charge in [-0.1, -0.05) is 35.1 Å². The average Bonchev–Trinajstić information content (AvgIpc) is 3.48. The summed E-state index contributed by atoms with van der Waals surface area (Å²) in [5.74, 6) is -0.00364. The lowest BCUT2D eigenvalue weighted by Gasteiger charge is -2.26. The van der Waals surface area contributed by atoms with Crippen LogP contribution in [0.4, 0.5) is 11.1 Å². The summed E-state index contributed by atoms with van der Waals surface area (Å²) in [6, 6.07) is 6.98. The smallest absolute Gasteiger partial charge is 0.302 e. The van der Waals surface area contributed by atoms with Gasteiger partial charge in [-0.15, -0.1) is 10.2 Å². The van der Waals surface area contributed by atoms with Crippen LogP contribution in [-0.4, -0.2) is 45.3 Å². The second-order valence-corrected chi connectivity index (χ2v) is 7.87. The highest BCUT2D eigenvalue weighted by molar-refractivity contribution is 7.13. The van der Waals surface area contributed by atoms with Crippen LogP contribution >= 0.6 is 22.9 Å². The number of anilines is 2. The molecule has 2 aliphatic heterocycles. The molecule has 0 radical (unpaired) electrons.